The molecule has 0 amide bonds. The average molecular weight is 283 g/mol. The first-order chi connectivity index (χ1) is 7.67. The second-order valence-corrected chi connectivity index (χ2v) is 9.44. The highest BCUT2D eigenvalue weighted by Gasteiger charge is 2.52. The Morgan fingerprint density at radius 1 is 0.941 bits per heavy atom. The molecule has 104 valence electrons. The minimum atomic E-state index is -1.49. The molecule has 0 aliphatic carbocycles. The standard InChI is InChI=1S/C13H28O2P.ClH/c1-3-5-10-16(11-6-4-2)12(14)8-7-9-13(16)15;/h12-15H,3-11H2,1-2H3;1H/q+1;/p-1. The lowest BCUT2D eigenvalue weighted by atomic mass is 10.2. The van der Waals surface area contributed by atoms with Gasteiger partial charge >= 0.3 is 0 Å². The lowest BCUT2D eigenvalue weighted by molar-refractivity contribution is -0.00000661. The number of unbranched alkanes of at least 4 members (excludes halogenated alkanes) is 2. The van der Waals surface area contributed by atoms with E-state index in [1.807, 2.05) is 0 Å². The van der Waals surface area contributed by atoms with Gasteiger partial charge < -0.3 is 22.6 Å². The van der Waals surface area contributed by atoms with E-state index in [0.29, 0.717) is 0 Å². The van der Waals surface area contributed by atoms with E-state index in [9.17, 15) is 10.2 Å². The largest absolute Gasteiger partial charge is 1.00 e. The van der Waals surface area contributed by atoms with Gasteiger partial charge in [-0.2, -0.15) is 0 Å². The Morgan fingerprint density at radius 2 is 1.35 bits per heavy atom. The molecule has 1 rings (SSSR count). The van der Waals surface area contributed by atoms with Crippen molar-refractivity contribution in [2.45, 2.75) is 70.5 Å². The molecule has 1 heterocycles. The Labute approximate surface area is 113 Å². The second kappa shape index (κ2) is 8.69. The van der Waals surface area contributed by atoms with Gasteiger partial charge in [0.25, 0.3) is 0 Å². The van der Waals surface area contributed by atoms with E-state index in [1.165, 1.54) is 25.7 Å². The van der Waals surface area contributed by atoms with Crippen molar-refractivity contribution in [3.05, 3.63) is 0 Å². The summed E-state index contributed by atoms with van der Waals surface area (Å²) in [6, 6.07) is 0. The van der Waals surface area contributed by atoms with Crippen molar-refractivity contribution in [2.24, 2.45) is 0 Å². The van der Waals surface area contributed by atoms with Crippen LogP contribution in [0.3, 0.4) is 0 Å². The fourth-order valence-electron chi connectivity index (χ4n) is 2.81. The molecule has 4 heteroatoms. The minimum Gasteiger partial charge on any atom is -1.00 e. The van der Waals surface area contributed by atoms with Crippen LogP contribution in [-0.2, 0) is 0 Å². The van der Waals surface area contributed by atoms with Crippen LogP contribution in [-0.4, -0.2) is 34.2 Å². The summed E-state index contributed by atoms with van der Waals surface area (Å²) in [6.45, 7) is 4.39. The van der Waals surface area contributed by atoms with E-state index < -0.39 is 7.26 Å². The van der Waals surface area contributed by atoms with Gasteiger partial charge in [-0.3, -0.25) is 0 Å². The molecule has 0 saturated carbocycles. The number of aliphatic hydroxyl groups is 2. The molecule has 0 spiro atoms. The second-order valence-electron chi connectivity index (χ2n) is 5.15. The smallest absolute Gasteiger partial charge is 0.166 e. The van der Waals surface area contributed by atoms with Crippen LogP contribution in [0, 0.1) is 0 Å². The van der Waals surface area contributed by atoms with Crippen molar-refractivity contribution in [2.75, 3.05) is 12.3 Å². The Morgan fingerprint density at radius 3 is 1.71 bits per heavy atom. The molecule has 2 atom stereocenters. The van der Waals surface area contributed by atoms with E-state index in [1.54, 1.807) is 0 Å². The summed E-state index contributed by atoms with van der Waals surface area (Å²) in [6.07, 6.45) is 9.76. The summed E-state index contributed by atoms with van der Waals surface area (Å²) in [4.78, 5) is 0. The maximum absolute atomic E-state index is 10.3. The molecular formula is C13H28ClO2P. The van der Waals surface area contributed by atoms with E-state index in [2.05, 4.69) is 13.8 Å². The molecule has 1 aliphatic heterocycles. The molecule has 2 nitrogen and oxygen atoms in total. The average Bonchev–Trinajstić information content (AvgIpc) is 2.28. The van der Waals surface area contributed by atoms with Crippen LogP contribution in [0.5, 0.6) is 0 Å². The molecule has 0 aromatic rings. The molecule has 2 unspecified atom stereocenters. The van der Waals surface area contributed by atoms with Crippen molar-refractivity contribution in [1.82, 2.24) is 0 Å². The predicted molar refractivity (Wildman–Crippen MR) is 72.3 cm³/mol. The Kier molecular flexibility index (Phi) is 9.02. The number of halogens is 1. The SMILES string of the molecule is CCCC[P+]1(CCCC)C(O)CCCC1O.[Cl-]. The molecule has 0 aromatic heterocycles. The van der Waals surface area contributed by atoms with Crippen molar-refractivity contribution < 1.29 is 22.6 Å². The highest BCUT2D eigenvalue weighted by Crippen LogP contribution is 2.70. The normalized spacial score (nSPS) is 27.5. The lowest BCUT2D eigenvalue weighted by Crippen LogP contribution is -3.00. The van der Waals surface area contributed by atoms with Crippen LogP contribution < -0.4 is 12.4 Å². The van der Waals surface area contributed by atoms with Gasteiger partial charge in [-0.15, -0.1) is 0 Å². The summed E-state index contributed by atoms with van der Waals surface area (Å²) >= 11 is 0. The third-order valence-electron chi connectivity index (χ3n) is 3.97. The van der Waals surface area contributed by atoms with Crippen molar-refractivity contribution >= 4 is 7.26 Å². The Balaban J connectivity index is 0.00000256. The van der Waals surface area contributed by atoms with E-state index in [4.69, 9.17) is 0 Å². The van der Waals surface area contributed by atoms with Crippen LogP contribution in [0.4, 0.5) is 0 Å². The fourth-order valence-corrected chi connectivity index (χ4v) is 7.83. The number of aliphatic hydroxyl groups excluding tert-OH is 2. The van der Waals surface area contributed by atoms with Gasteiger partial charge in [0, 0.05) is 12.8 Å². The van der Waals surface area contributed by atoms with E-state index in [-0.39, 0.29) is 24.1 Å². The lowest BCUT2D eigenvalue weighted by Gasteiger charge is -2.39. The van der Waals surface area contributed by atoms with Crippen LogP contribution in [0.15, 0.2) is 0 Å². The van der Waals surface area contributed by atoms with Crippen molar-refractivity contribution in [1.29, 1.82) is 0 Å². The summed E-state index contributed by atoms with van der Waals surface area (Å²) in [7, 11) is -1.49. The molecular weight excluding hydrogens is 255 g/mol. The third-order valence-corrected chi connectivity index (χ3v) is 9.16. The molecule has 1 saturated heterocycles. The monoisotopic (exact) mass is 282 g/mol. The maximum Gasteiger partial charge on any atom is 0.166 e. The first-order valence-electron chi connectivity index (χ1n) is 6.90. The molecule has 0 radical (unpaired) electrons. The number of hydrogen-bond donors (Lipinski definition) is 2. The molecule has 0 aromatic carbocycles. The van der Waals surface area contributed by atoms with Gasteiger partial charge in [-0.1, -0.05) is 26.7 Å². The molecule has 2 N–H and O–H groups in total. The van der Waals surface area contributed by atoms with E-state index >= 15 is 0 Å². The third kappa shape index (κ3) is 4.35. The minimum absolute atomic E-state index is 0. The van der Waals surface area contributed by atoms with Crippen LogP contribution in [0.1, 0.15) is 58.8 Å². The summed E-state index contributed by atoms with van der Waals surface area (Å²) in [5, 5.41) is 20.7. The summed E-state index contributed by atoms with van der Waals surface area (Å²) in [5.41, 5.74) is 0. The van der Waals surface area contributed by atoms with Gasteiger partial charge in [0.2, 0.25) is 0 Å². The Bertz CT molecular complexity index is 182. The van der Waals surface area contributed by atoms with Gasteiger partial charge in [-0.25, -0.2) is 0 Å². The Hall–Kier alpha value is 0.640. The maximum atomic E-state index is 10.3. The van der Waals surface area contributed by atoms with Crippen molar-refractivity contribution in [3.63, 3.8) is 0 Å². The zero-order valence-corrected chi connectivity index (χ0v) is 12.9. The van der Waals surface area contributed by atoms with E-state index in [0.717, 1.165) is 31.6 Å². The molecule has 0 bridgehead atoms. The first kappa shape index (κ1) is 17.6. The van der Waals surface area contributed by atoms with Crippen LogP contribution in [0.25, 0.3) is 0 Å². The van der Waals surface area contributed by atoms with Crippen LogP contribution in [0.2, 0.25) is 0 Å². The quantitative estimate of drug-likeness (QED) is 0.694. The first-order valence-corrected chi connectivity index (χ1v) is 9.19. The fraction of sp³-hybridized carbons (Fsp3) is 1.00. The van der Waals surface area contributed by atoms with Crippen molar-refractivity contribution in [3.8, 4) is 0 Å². The van der Waals surface area contributed by atoms with Crippen LogP contribution >= 0.6 is 7.26 Å². The molecule has 1 aliphatic rings. The summed E-state index contributed by atoms with van der Waals surface area (Å²) in [5.74, 6) is -0.344. The highest BCUT2D eigenvalue weighted by molar-refractivity contribution is 7.76. The topological polar surface area (TPSA) is 40.5 Å². The zero-order chi connectivity index (χ0) is 12.0. The molecule has 17 heavy (non-hydrogen) atoms. The highest BCUT2D eigenvalue weighted by atomic mass is 35.5. The number of hydrogen-bond acceptors (Lipinski definition) is 2. The van der Waals surface area contributed by atoms with Gasteiger partial charge in [0.15, 0.2) is 11.7 Å². The summed E-state index contributed by atoms with van der Waals surface area (Å²) < 4.78 is 0. The number of rotatable bonds is 6. The van der Waals surface area contributed by atoms with Gasteiger partial charge in [-0.05, 0) is 19.3 Å². The van der Waals surface area contributed by atoms with Gasteiger partial charge in [0.1, 0.15) is 0 Å². The van der Waals surface area contributed by atoms with Gasteiger partial charge in [0.05, 0.1) is 19.6 Å². The molecule has 1 fully saturated rings. The zero-order valence-electron chi connectivity index (χ0n) is 11.2. The predicted octanol–water partition coefficient (Wildman–Crippen LogP) is 0.429.